The first-order valence-electron chi connectivity index (χ1n) is 8.81. The minimum Gasteiger partial charge on any atom is -0.497 e. The Bertz CT molecular complexity index is 1160. The molecule has 0 aliphatic carbocycles. The zero-order valence-corrected chi connectivity index (χ0v) is 16.5. The second-order valence-electron chi connectivity index (χ2n) is 6.19. The number of nitrogens with zero attached hydrogens (tertiary/aromatic N) is 2. The molecule has 0 aliphatic rings. The molecule has 0 fully saturated rings. The molecule has 0 amide bonds. The second-order valence-corrected chi connectivity index (χ2v) is 7.95. The van der Waals surface area contributed by atoms with Crippen molar-refractivity contribution < 1.29 is 17.5 Å². The number of hydrogen-bond donors (Lipinski definition) is 2. The molecule has 3 rings (SSSR count). The molecule has 9 heteroatoms. The Kier molecular flexibility index (Phi) is 6.26. The Hall–Kier alpha value is -3.22. The van der Waals surface area contributed by atoms with Gasteiger partial charge < -0.3 is 10.1 Å². The first kappa shape index (κ1) is 20.5. The average molecular weight is 414 g/mol. The van der Waals surface area contributed by atoms with Crippen LogP contribution in [0, 0.1) is 17.1 Å². The van der Waals surface area contributed by atoms with Gasteiger partial charge in [0.05, 0.1) is 23.1 Å². The molecule has 1 heterocycles. The van der Waals surface area contributed by atoms with E-state index in [-0.39, 0.29) is 11.4 Å². The maximum absolute atomic E-state index is 12.9. The number of benzene rings is 2. The van der Waals surface area contributed by atoms with E-state index in [4.69, 9.17) is 4.74 Å². The van der Waals surface area contributed by atoms with Crippen LogP contribution in [-0.2, 0) is 10.0 Å². The fourth-order valence-electron chi connectivity index (χ4n) is 2.70. The molecule has 0 unspecified atom stereocenters. The molecule has 0 bridgehead atoms. The van der Waals surface area contributed by atoms with Crippen LogP contribution in [-0.4, -0.2) is 33.6 Å². The lowest BCUT2D eigenvalue weighted by Crippen LogP contribution is -2.26. The van der Waals surface area contributed by atoms with Gasteiger partial charge in [0.2, 0.25) is 10.0 Å². The largest absolute Gasteiger partial charge is 0.497 e. The summed E-state index contributed by atoms with van der Waals surface area (Å²) in [5.41, 5.74) is 1.10. The van der Waals surface area contributed by atoms with Crippen LogP contribution in [0.15, 0.2) is 53.4 Å². The van der Waals surface area contributed by atoms with E-state index in [1.165, 1.54) is 12.1 Å². The molecule has 0 atom stereocenters. The van der Waals surface area contributed by atoms with Gasteiger partial charge in [0, 0.05) is 18.5 Å². The maximum Gasteiger partial charge on any atom is 0.240 e. The van der Waals surface area contributed by atoms with Crippen molar-refractivity contribution in [3.05, 3.63) is 59.9 Å². The highest BCUT2D eigenvalue weighted by molar-refractivity contribution is 7.89. The third-order valence-electron chi connectivity index (χ3n) is 4.20. The predicted octanol–water partition coefficient (Wildman–Crippen LogP) is 3.03. The fraction of sp³-hybridized carbons (Fsp3) is 0.200. The van der Waals surface area contributed by atoms with E-state index in [1.807, 2.05) is 0 Å². The van der Waals surface area contributed by atoms with Gasteiger partial charge in [-0.25, -0.2) is 22.5 Å². The quantitative estimate of drug-likeness (QED) is 0.549. The molecule has 0 saturated carbocycles. The van der Waals surface area contributed by atoms with Gasteiger partial charge in [0.25, 0.3) is 0 Å². The summed E-state index contributed by atoms with van der Waals surface area (Å²) >= 11 is 0. The summed E-state index contributed by atoms with van der Waals surface area (Å²) in [6, 6.07) is 13.8. The fourth-order valence-corrected chi connectivity index (χ4v) is 3.77. The van der Waals surface area contributed by atoms with Crippen molar-refractivity contribution in [3.63, 3.8) is 0 Å². The highest BCUT2D eigenvalue weighted by atomic mass is 32.2. The normalized spacial score (nSPS) is 11.2. The Balaban J connectivity index is 1.59. The van der Waals surface area contributed by atoms with Gasteiger partial charge in [-0.3, -0.25) is 0 Å². The minimum atomic E-state index is -3.69. The van der Waals surface area contributed by atoms with Gasteiger partial charge in [-0.1, -0.05) is 0 Å². The molecule has 150 valence electrons. The van der Waals surface area contributed by atoms with Crippen molar-refractivity contribution in [2.75, 3.05) is 25.5 Å². The summed E-state index contributed by atoms with van der Waals surface area (Å²) in [5, 5.41) is 13.2. The third-order valence-corrected chi connectivity index (χ3v) is 5.68. The van der Waals surface area contributed by atoms with Crippen LogP contribution in [0.5, 0.6) is 5.75 Å². The number of anilines is 1. The summed E-state index contributed by atoms with van der Waals surface area (Å²) in [6.07, 6.45) is 0.466. The number of hydrogen-bond acceptors (Lipinski definition) is 6. The summed E-state index contributed by atoms with van der Waals surface area (Å²) in [4.78, 5) is 4.47. The van der Waals surface area contributed by atoms with Crippen LogP contribution in [0.1, 0.15) is 12.0 Å². The molecule has 2 N–H and O–H groups in total. The number of methoxy groups -OCH3 is 1. The van der Waals surface area contributed by atoms with Crippen molar-refractivity contribution in [1.82, 2.24) is 9.71 Å². The highest BCUT2D eigenvalue weighted by Crippen LogP contribution is 2.24. The maximum atomic E-state index is 12.9. The number of nitriles is 1. The van der Waals surface area contributed by atoms with Crippen LogP contribution in [0.25, 0.3) is 10.9 Å². The zero-order valence-electron chi connectivity index (χ0n) is 15.6. The van der Waals surface area contributed by atoms with E-state index in [9.17, 15) is 18.1 Å². The Morgan fingerprint density at radius 1 is 1.14 bits per heavy atom. The minimum absolute atomic E-state index is 0.00486. The van der Waals surface area contributed by atoms with Gasteiger partial charge in [-0.05, 0) is 55.0 Å². The SMILES string of the molecule is COc1ccc2nc(NCCCNS(=O)(=O)c3ccc(F)cc3)c(C#N)cc2c1. The van der Waals surface area contributed by atoms with Crippen LogP contribution < -0.4 is 14.8 Å². The van der Waals surface area contributed by atoms with E-state index in [2.05, 4.69) is 21.1 Å². The van der Waals surface area contributed by atoms with Crippen molar-refractivity contribution in [1.29, 1.82) is 5.26 Å². The smallest absolute Gasteiger partial charge is 0.240 e. The van der Waals surface area contributed by atoms with Gasteiger partial charge in [-0.2, -0.15) is 5.26 Å². The van der Waals surface area contributed by atoms with E-state index in [0.29, 0.717) is 35.6 Å². The summed E-state index contributed by atoms with van der Waals surface area (Å²) in [6.45, 7) is 0.592. The number of fused-ring (bicyclic) bond motifs is 1. The first-order chi connectivity index (χ1) is 13.9. The molecular weight excluding hydrogens is 395 g/mol. The van der Waals surface area contributed by atoms with Gasteiger partial charge in [-0.15, -0.1) is 0 Å². The molecule has 0 spiro atoms. The van der Waals surface area contributed by atoms with Crippen molar-refractivity contribution >= 4 is 26.7 Å². The molecule has 7 nitrogen and oxygen atoms in total. The lowest BCUT2D eigenvalue weighted by molar-refractivity contribution is 0.415. The number of halogens is 1. The molecule has 0 saturated heterocycles. The summed E-state index contributed by atoms with van der Waals surface area (Å²) < 4.78 is 44.9. The highest BCUT2D eigenvalue weighted by Gasteiger charge is 2.13. The Labute approximate surface area is 168 Å². The van der Waals surface area contributed by atoms with Crippen LogP contribution in [0.3, 0.4) is 0 Å². The van der Waals surface area contributed by atoms with Crippen molar-refractivity contribution in [2.24, 2.45) is 0 Å². The van der Waals surface area contributed by atoms with Gasteiger partial charge in [0.1, 0.15) is 23.5 Å². The lowest BCUT2D eigenvalue weighted by atomic mass is 10.1. The summed E-state index contributed by atoms with van der Waals surface area (Å²) in [5.74, 6) is 0.617. The number of pyridine rings is 1. The average Bonchev–Trinajstić information content (AvgIpc) is 2.72. The second kappa shape index (κ2) is 8.86. The number of aromatic nitrogens is 1. The first-order valence-corrected chi connectivity index (χ1v) is 10.3. The molecular formula is C20H19FN4O3S. The van der Waals surface area contributed by atoms with Gasteiger partial charge in [0.15, 0.2) is 0 Å². The topological polar surface area (TPSA) is 104 Å². The number of ether oxygens (including phenoxy) is 1. The molecule has 0 aliphatic heterocycles. The molecule has 2 aromatic carbocycles. The number of sulfonamides is 1. The van der Waals surface area contributed by atoms with E-state index >= 15 is 0 Å². The van der Waals surface area contributed by atoms with E-state index in [0.717, 1.165) is 17.5 Å². The molecule has 3 aromatic rings. The molecule has 29 heavy (non-hydrogen) atoms. The van der Waals surface area contributed by atoms with Crippen LogP contribution >= 0.6 is 0 Å². The van der Waals surface area contributed by atoms with E-state index in [1.54, 1.807) is 31.4 Å². The standard InChI is InChI=1S/C20H19FN4O3S/c1-28-17-5-8-19-14(12-17)11-15(13-22)20(25-19)23-9-2-10-24-29(26,27)18-6-3-16(21)4-7-18/h3-8,11-12,24H,2,9-10H2,1H3,(H,23,25). The monoisotopic (exact) mass is 414 g/mol. The van der Waals surface area contributed by atoms with Gasteiger partial charge >= 0.3 is 0 Å². The molecule has 0 radical (unpaired) electrons. The summed E-state index contributed by atoms with van der Waals surface area (Å²) in [7, 11) is -2.13. The van der Waals surface area contributed by atoms with Crippen molar-refractivity contribution in [2.45, 2.75) is 11.3 Å². The third kappa shape index (κ3) is 4.99. The Morgan fingerprint density at radius 3 is 2.59 bits per heavy atom. The zero-order chi connectivity index (χ0) is 20.9. The van der Waals surface area contributed by atoms with E-state index < -0.39 is 15.8 Å². The number of rotatable bonds is 8. The molecule has 1 aromatic heterocycles. The predicted molar refractivity (Wildman–Crippen MR) is 108 cm³/mol. The number of nitrogens with one attached hydrogen (secondary N) is 2. The van der Waals surface area contributed by atoms with Crippen LogP contribution in [0.2, 0.25) is 0 Å². The Morgan fingerprint density at radius 2 is 1.90 bits per heavy atom. The lowest BCUT2D eigenvalue weighted by Gasteiger charge is -2.10. The van der Waals surface area contributed by atoms with Crippen LogP contribution in [0.4, 0.5) is 10.2 Å². The van der Waals surface area contributed by atoms with Crippen molar-refractivity contribution in [3.8, 4) is 11.8 Å².